The molecule has 3 rings (SSSR count). The van der Waals surface area contributed by atoms with Crippen LogP contribution >= 0.6 is 11.6 Å². The first-order valence-corrected chi connectivity index (χ1v) is 7.03. The van der Waals surface area contributed by atoms with Crippen LogP contribution in [0.3, 0.4) is 0 Å². The molecule has 3 amide bonds. The summed E-state index contributed by atoms with van der Waals surface area (Å²) in [6.45, 7) is 1.94. The molecule has 1 fully saturated rings. The van der Waals surface area contributed by atoms with Gasteiger partial charge in [-0.05, 0) is 24.6 Å². The van der Waals surface area contributed by atoms with Gasteiger partial charge in [-0.2, -0.15) is 0 Å². The minimum absolute atomic E-state index is 0.0976. The lowest BCUT2D eigenvalue weighted by Gasteiger charge is -2.20. The number of nitrogens with one attached hydrogen (secondary N) is 1. The molecule has 0 saturated carbocycles. The molecule has 0 radical (unpaired) electrons. The number of carbonyl (C=O) groups excluding carboxylic acids is 2. The van der Waals surface area contributed by atoms with Gasteiger partial charge in [0.05, 0.1) is 18.2 Å². The van der Waals surface area contributed by atoms with Crippen LogP contribution in [0.2, 0.25) is 5.02 Å². The van der Waals surface area contributed by atoms with E-state index in [1.807, 2.05) is 0 Å². The minimum atomic E-state index is -1.05. The van der Waals surface area contributed by atoms with Gasteiger partial charge in [0.25, 0.3) is 5.91 Å². The molecule has 1 saturated heterocycles. The molecule has 0 bridgehead atoms. The zero-order valence-electron chi connectivity index (χ0n) is 12.1. The summed E-state index contributed by atoms with van der Waals surface area (Å²) in [5.74, 6) is 0.647. The van der Waals surface area contributed by atoms with Crippen molar-refractivity contribution in [2.24, 2.45) is 0 Å². The van der Waals surface area contributed by atoms with E-state index < -0.39 is 11.6 Å². The number of carbonyl (C=O) groups is 2. The van der Waals surface area contributed by atoms with Gasteiger partial charge in [-0.15, -0.1) is 0 Å². The SMILES string of the molecule is COCC1(C)NC(=O)N(Cc2cc(Cl)c3c(c2)OCO3)C1=O. The molecule has 1 atom stereocenters. The Morgan fingerprint density at radius 1 is 1.41 bits per heavy atom. The van der Waals surface area contributed by atoms with Gasteiger partial charge < -0.3 is 19.5 Å². The molecule has 1 unspecified atom stereocenters. The Balaban J connectivity index is 1.83. The predicted octanol–water partition coefficient (Wildman–Crippen LogP) is 1.53. The molecule has 2 aliphatic heterocycles. The Morgan fingerprint density at radius 2 is 2.18 bits per heavy atom. The normalized spacial score (nSPS) is 23.1. The van der Waals surface area contributed by atoms with E-state index in [1.54, 1.807) is 19.1 Å². The van der Waals surface area contributed by atoms with Crippen molar-refractivity contribution in [2.75, 3.05) is 20.5 Å². The number of hydrogen-bond acceptors (Lipinski definition) is 5. The summed E-state index contributed by atoms with van der Waals surface area (Å²) in [6.07, 6.45) is 0. The monoisotopic (exact) mass is 326 g/mol. The van der Waals surface area contributed by atoms with E-state index in [4.69, 9.17) is 25.8 Å². The van der Waals surface area contributed by atoms with Crippen molar-refractivity contribution in [2.45, 2.75) is 19.0 Å². The lowest BCUT2D eigenvalue weighted by atomic mass is 10.0. The molecule has 1 N–H and O–H groups in total. The number of hydrogen-bond donors (Lipinski definition) is 1. The fourth-order valence-electron chi connectivity index (χ4n) is 2.57. The number of nitrogens with zero attached hydrogens (tertiary/aromatic N) is 1. The van der Waals surface area contributed by atoms with Crippen LogP contribution < -0.4 is 14.8 Å². The van der Waals surface area contributed by atoms with Crippen LogP contribution in [-0.4, -0.2) is 42.9 Å². The fraction of sp³-hybridized carbons (Fsp3) is 0.429. The highest BCUT2D eigenvalue weighted by molar-refractivity contribution is 6.32. The lowest BCUT2D eigenvalue weighted by Crippen LogP contribution is -2.47. The molecule has 7 nitrogen and oxygen atoms in total. The molecule has 0 aromatic heterocycles. The topological polar surface area (TPSA) is 77.1 Å². The highest BCUT2D eigenvalue weighted by Crippen LogP contribution is 2.40. The maximum absolute atomic E-state index is 12.4. The van der Waals surface area contributed by atoms with E-state index >= 15 is 0 Å². The van der Waals surface area contributed by atoms with E-state index in [0.717, 1.165) is 4.90 Å². The van der Waals surface area contributed by atoms with Gasteiger partial charge in [0.1, 0.15) is 5.54 Å². The summed E-state index contributed by atoms with van der Waals surface area (Å²) in [5.41, 5.74) is -0.370. The van der Waals surface area contributed by atoms with Crippen molar-refractivity contribution in [3.8, 4) is 11.5 Å². The van der Waals surface area contributed by atoms with Gasteiger partial charge in [-0.25, -0.2) is 4.79 Å². The Morgan fingerprint density at radius 3 is 2.91 bits per heavy atom. The van der Waals surface area contributed by atoms with Crippen molar-refractivity contribution in [1.29, 1.82) is 0 Å². The average Bonchev–Trinajstić information content (AvgIpc) is 2.99. The molecule has 0 aliphatic carbocycles. The van der Waals surface area contributed by atoms with Gasteiger partial charge >= 0.3 is 6.03 Å². The molecular formula is C14H15ClN2O5. The molecule has 1 aromatic carbocycles. The third-order valence-electron chi connectivity index (χ3n) is 3.61. The molecular weight excluding hydrogens is 312 g/mol. The van der Waals surface area contributed by atoms with Gasteiger partial charge in [-0.3, -0.25) is 9.69 Å². The highest BCUT2D eigenvalue weighted by Gasteiger charge is 2.47. The number of rotatable bonds is 4. The predicted molar refractivity (Wildman–Crippen MR) is 76.9 cm³/mol. The van der Waals surface area contributed by atoms with Crippen LogP contribution in [0.5, 0.6) is 11.5 Å². The molecule has 0 spiro atoms. The maximum Gasteiger partial charge on any atom is 0.325 e. The summed E-state index contributed by atoms with van der Waals surface area (Å²) < 4.78 is 15.5. The third-order valence-corrected chi connectivity index (χ3v) is 3.89. The number of ether oxygens (including phenoxy) is 3. The van der Waals surface area contributed by atoms with E-state index in [9.17, 15) is 9.59 Å². The summed E-state index contributed by atoms with van der Waals surface area (Å²) >= 11 is 6.11. The van der Waals surface area contributed by atoms with Gasteiger partial charge in [0, 0.05) is 7.11 Å². The standard InChI is InChI=1S/C14H15ClN2O5/c1-14(6-20-2)12(18)17(13(19)16-14)5-8-3-9(15)11-10(4-8)21-7-22-11/h3-4H,5-7H2,1-2H3,(H,16,19). The second-order valence-corrected chi connectivity index (χ2v) is 5.81. The quantitative estimate of drug-likeness (QED) is 0.849. The molecule has 118 valence electrons. The van der Waals surface area contributed by atoms with Crippen molar-refractivity contribution in [1.82, 2.24) is 10.2 Å². The Bertz CT molecular complexity index is 650. The minimum Gasteiger partial charge on any atom is -0.454 e. The molecule has 1 aromatic rings. The summed E-state index contributed by atoms with van der Waals surface area (Å²) in [5, 5.41) is 3.03. The number of imide groups is 1. The molecule has 22 heavy (non-hydrogen) atoms. The van der Waals surface area contributed by atoms with Crippen LogP contribution in [0, 0.1) is 0 Å². The Kier molecular flexibility index (Phi) is 3.62. The average molecular weight is 327 g/mol. The van der Waals surface area contributed by atoms with Crippen LogP contribution in [0.4, 0.5) is 4.79 Å². The number of amides is 3. The molecule has 8 heteroatoms. The number of halogens is 1. The van der Waals surface area contributed by atoms with Crippen molar-refractivity contribution in [3.63, 3.8) is 0 Å². The number of methoxy groups -OCH3 is 1. The maximum atomic E-state index is 12.4. The largest absolute Gasteiger partial charge is 0.454 e. The first kappa shape index (κ1) is 14.9. The summed E-state index contributed by atoms with van der Waals surface area (Å²) in [7, 11) is 1.48. The van der Waals surface area contributed by atoms with E-state index in [-0.39, 0.29) is 25.9 Å². The second kappa shape index (κ2) is 5.33. The van der Waals surface area contributed by atoms with Crippen LogP contribution in [0.1, 0.15) is 12.5 Å². The highest BCUT2D eigenvalue weighted by atomic mass is 35.5. The number of benzene rings is 1. The summed E-state index contributed by atoms with van der Waals surface area (Å²) in [4.78, 5) is 25.6. The zero-order valence-corrected chi connectivity index (χ0v) is 12.9. The van der Waals surface area contributed by atoms with Gasteiger partial charge in [0.15, 0.2) is 11.5 Å². The molecule has 2 aliphatic rings. The van der Waals surface area contributed by atoms with Crippen LogP contribution in [-0.2, 0) is 16.1 Å². The van der Waals surface area contributed by atoms with E-state index in [1.165, 1.54) is 7.11 Å². The number of urea groups is 1. The summed E-state index contributed by atoms with van der Waals surface area (Å²) in [6, 6.07) is 2.90. The Hall–Kier alpha value is -1.99. The third kappa shape index (κ3) is 2.36. The first-order chi connectivity index (χ1) is 10.4. The van der Waals surface area contributed by atoms with Crippen molar-refractivity contribution in [3.05, 3.63) is 22.7 Å². The number of fused-ring (bicyclic) bond motifs is 1. The second-order valence-electron chi connectivity index (χ2n) is 5.40. The fourth-order valence-corrected chi connectivity index (χ4v) is 2.86. The van der Waals surface area contributed by atoms with Crippen LogP contribution in [0.25, 0.3) is 0 Å². The van der Waals surface area contributed by atoms with Crippen molar-refractivity contribution < 1.29 is 23.8 Å². The zero-order chi connectivity index (χ0) is 15.9. The van der Waals surface area contributed by atoms with E-state index in [2.05, 4.69) is 5.32 Å². The van der Waals surface area contributed by atoms with Crippen LogP contribution in [0.15, 0.2) is 12.1 Å². The lowest BCUT2D eigenvalue weighted by molar-refractivity contribution is -0.132. The van der Waals surface area contributed by atoms with E-state index in [0.29, 0.717) is 22.1 Å². The first-order valence-electron chi connectivity index (χ1n) is 6.66. The van der Waals surface area contributed by atoms with Crippen molar-refractivity contribution >= 4 is 23.5 Å². The smallest absolute Gasteiger partial charge is 0.325 e. The van der Waals surface area contributed by atoms with Gasteiger partial charge in [-0.1, -0.05) is 11.6 Å². The Labute approximate surface area is 132 Å². The van der Waals surface area contributed by atoms with Gasteiger partial charge in [0.2, 0.25) is 6.79 Å². The molecule has 2 heterocycles.